The van der Waals surface area contributed by atoms with Crippen LogP contribution in [0.25, 0.3) is 0 Å². The number of nitrogens with two attached hydrogens (primary N) is 1. The van der Waals surface area contributed by atoms with E-state index >= 15 is 0 Å². The number of amides is 1. The topological polar surface area (TPSA) is 114 Å². The Bertz CT molecular complexity index is 740. The summed E-state index contributed by atoms with van der Waals surface area (Å²) in [5.74, 6) is -0.376. The lowest BCUT2D eigenvalue weighted by Crippen LogP contribution is -2.14. The Morgan fingerprint density at radius 1 is 1.10 bits per heavy atom. The molecule has 0 radical (unpaired) electrons. The van der Waals surface area contributed by atoms with E-state index in [1.807, 2.05) is 0 Å². The Morgan fingerprint density at radius 2 is 1.71 bits per heavy atom. The number of nitrogens with one attached hydrogen (secondary N) is 2. The van der Waals surface area contributed by atoms with Crippen LogP contribution in [-0.2, 0) is 10.0 Å². The van der Waals surface area contributed by atoms with E-state index in [9.17, 15) is 13.2 Å². The lowest BCUT2D eigenvalue weighted by molar-refractivity contribution is 0.102. The molecule has 0 aliphatic carbocycles. The van der Waals surface area contributed by atoms with Crippen LogP contribution in [0.5, 0.6) is 0 Å². The molecule has 8 heteroatoms. The lowest BCUT2D eigenvalue weighted by Gasteiger charge is -2.07. The molecule has 7 nitrogen and oxygen atoms in total. The summed E-state index contributed by atoms with van der Waals surface area (Å²) in [4.78, 5) is 15.8. The van der Waals surface area contributed by atoms with Gasteiger partial charge in [-0.05, 0) is 36.4 Å². The van der Waals surface area contributed by atoms with Crippen molar-refractivity contribution < 1.29 is 13.2 Å². The van der Waals surface area contributed by atoms with E-state index in [-0.39, 0.29) is 11.6 Å². The molecular weight excluding hydrogens is 292 g/mol. The summed E-state index contributed by atoms with van der Waals surface area (Å²) in [6.07, 6.45) is 2.46. The molecule has 2 rings (SSSR count). The Morgan fingerprint density at radius 3 is 2.24 bits per heavy atom. The minimum atomic E-state index is -3.32. The van der Waals surface area contributed by atoms with E-state index in [0.717, 1.165) is 6.26 Å². The number of carbonyl (C=O) groups excluding carboxylic acids is 1. The predicted molar refractivity (Wildman–Crippen MR) is 81.5 cm³/mol. The van der Waals surface area contributed by atoms with Crippen molar-refractivity contribution in [1.29, 1.82) is 0 Å². The van der Waals surface area contributed by atoms with Crippen molar-refractivity contribution in [2.75, 3.05) is 22.0 Å². The van der Waals surface area contributed by atoms with Crippen molar-refractivity contribution in [2.45, 2.75) is 0 Å². The Hall–Kier alpha value is -2.61. The highest BCUT2D eigenvalue weighted by Gasteiger charge is 2.07. The van der Waals surface area contributed by atoms with E-state index < -0.39 is 10.0 Å². The van der Waals surface area contributed by atoms with Gasteiger partial charge in [-0.25, -0.2) is 13.4 Å². The minimum absolute atomic E-state index is 0.238. The van der Waals surface area contributed by atoms with E-state index in [0.29, 0.717) is 17.1 Å². The van der Waals surface area contributed by atoms with E-state index in [1.54, 1.807) is 30.3 Å². The number of anilines is 3. The van der Waals surface area contributed by atoms with E-state index in [2.05, 4.69) is 15.0 Å². The van der Waals surface area contributed by atoms with Crippen LogP contribution in [0.4, 0.5) is 17.1 Å². The monoisotopic (exact) mass is 306 g/mol. The third-order valence-electron chi connectivity index (χ3n) is 2.47. The SMILES string of the molecule is CS(=O)(=O)Nc1ccc(NC(=O)c2ccc(N)cn2)cc1. The van der Waals surface area contributed by atoms with Gasteiger partial charge in [0.05, 0.1) is 18.1 Å². The number of hydrogen-bond acceptors (Lipinski definition) is 5. The summed E-state index contributed by atoms with van der Waals surface area (Å²) in [6.45, 7) is 0. The van der Waals surface area contributed by atoms with Gasteiger partial charge in [0.1, 0.15) is 5.69 Å². The lowest BCUT2D eigenvalue weighted by atomic mass is 10.2. The molecule has 1 heterocycles. The van der Waals surface area contributed by atoms with Crippen molar-refractivity contribution in [2.24, 2.45) is 0 Å². The second-order valence-corrected chi connectivity index (χ2v) is 6.13. The average molecular weight is 306 g/mol. The fourth-order valence-electron chi connectivity index (χ4n) is 1.57. The molecule has 0 saturated heterocycles. The maximum absolute atomic E-state index is 11.9. The fraction of sp³-hybridized carbons (Fsp3) is 0.0769. The zero-order valence-electron chi connectivity index (χ0n) is 11.2. The zero-order valence-corrected chi connectivity index (χ0v) is 12.0. The summed E-state index contributed by atoms with van der Waals surface area (Å²) < 4.78 is 24.5. The molecule has 0 saturated carbocycles. The van der Waals surface area contributed by atoms with Crippen LogP contribution in [-0.4, -0.2) is 25.6 Å². The number of nitrogen functional groups attached to an aromatic ring is 1. The van der Waals surface area contributed by atoms with Gasteiger partial charge in [-0.1, -0.05) is 0 Å². The van der Waals surface area contributed by atoms with Crippen LogP contribution >= 0.6 is 0 Å². The molecule has 0 atom stereocenters. The molecule has 0 unspecified atom stereocenters. The molecule has 110 valence electrons. The third kappa shape index (κ3) is 4.46. The van der Waals surface area contributed by atoms with Crippen molar-refractivity contribution in [1.82, 2.24) is 4.98 Å². The first-order valence-corrected chi connectivity index (χ1v) is 7.83. The molecule has 0 bridgehead atoms. The first-order chi connectivity index (χ1) is 9.83. The molecule has 1 aromatic heterocycles. The van der Waals surface area contributed by atoms with Gasteiger partial charge in [0.15, 0.2) is 0 Å². The largest absolute Gasteiger partial charge is 0.397 e. The van der Waals surface area contributed by atoms with Gasteiger partial charge in [0, 0.05) is 11.4 Å². The zero-order chi connectivity index (χ0) is 15.5. The van der Waals surface area contributed by atoms with Gasteiger partial charge in [0.2, 0.25) is 10.0 Å². The normalized spacial score (nSPS) is 10.9. The number of hydrogen-bond donors (Lipinski definition) is 3. The average Bonchev–Trinajstić information content (AvgIpc) is 2.40. The Kier molecular flexibility index (Phi) is 4.08. The fourth-order valence-corrected chi connectivity index (χ4v) is 2.13. The van der Waals surface area contributed by atoms with Gasteiger partial charge in [-0.2, -0.15) is 0 Å². The highest BCUT2D eigenvalue weighted by Crippen LogP contribution is 2.15. The molecule has 21 heavy (non-hydrogen) atoms. The molecule has 1 aromatic carbocycles. The van der Waals surface area contributed by atoms with Gasteiger partial charge in [-0.15, -0.1) is 0 Å². The Balaban J connectivity index is 2.06. The molecule has 4 N–H and O–H groups in total. The summed E-state index contributed by atoms with van der Waals surface area (Å²) in [7, 11) is -3.32. The van der Waals surface area contributed by atoms with E-state index in [1.165, 1.54) is 12.3 Å². The number of nitrogens with zero attached hydrogens (tertiary/aromatic N) is 1. The second-order valence-electron chi connectivity index (χ2n) is 4.38. The van der Waals surface area contributed by atoms with Crippen LogP contribution in [0.2, 0.25) is 0 Å². The third-order valence-corrected chi connectivity index (χ3v) is 3.07. The molecular formula is C13H14N4O3S. The molecule has 1 amide bonds. The number of benzene rings is 1. The number of pyridine rings is 1. The molecule has 0 aliphatic heterocycles. The van der Waals surface area contributed by atoms with Crippen molar-refractivity contribution in [3.63, 3.8) is 0 Å². The first-order valence-electron chi connectivity index (χ1n) is 5.94. The van der Waals surface area contributed by atoms with Gasteiger partial charge < -0.3 is 11.1 Å². The van der Waals surface area contributed by atoms with Crippen LogP contribution in [0.1, 0.15) is 10.5 Å². The highest BCUT2D eigenvalue weighted by molar-refractivity contribution is 7.92. The number of rotatable bonds is 4. The van der Waals surface area contributed by atoms with Gasteiger partial charge in [-0.3, -0.25) is 9.52 Å². The number of sulfonamides is 1. The molecule has 2 aromatic rings. The maximum Gasteiger partial charge on any atom is 0.274 e. The molecule has 0 spiro atoms. The smallest absolute Gasteiger partial charge is 0.274 e. The van der Waals surface area contributed by atoms with Crippen LogP contribution in [0.15, 0.2) is 42.6 Å². The predicted octanol–water partition coefficient (Wildman–Crippen LogP) is 1.29. The van der Waals surface area contributed by atoms with Crippen LogP contribution < -0.4 is 15.8 Å². The summed E-state index contributed by atoms with van der Waals surface area (Å²) in [5.41, 5.74) is 7.15. The van der Waals surface area contributed by atoms with E-state index in [4.69, 9.17) is 5.73 Å². The minimum Gasteiger partial charge on any atom is -0.397 e. The Labute approximate surface area is 122 Å². The quantitative estimate of drug-likeness (QED) is 0.787. The summed E-state index contributed by atoms with van der Waals surface area (Å²) in [5, 5.41) is 2.65. The standard InChI is InChI=1S/C13H14N4O3S/c1-21(19,20)17-11-5-3-10(4-6-11)16-13(18)12-7-2-9(14)8-15-12/h2-8,17H,14H2,1H3,(H,16,18). The summed E-state index contributed by atoms with van der Waals surface area (Å²) >= 11 is 0. The van der Waals surface area contributed by atoms with Crippen molar-refractivity contribution >= 4 is 33.0 Å². The first kappa shape index (κ1) is 14.8. The summed E-state index contributed by atoms with van der Waals surface area (Å²) in [6, 6.07) is 9.37. The van der Waals surface area contributed by atoms with Crippen molar-refractivity contribution in [3.05, 3.63) is 48.3 Å². The van der Waals surface area contributed by atoms with Gasteiger partial charge >= 0.3 is 0 Å². The highest BCUT2D eigenvalue weighted by atomic mass is 32.2. The van der Waals surface area contributed by atoms with Gasteiger partial charge in [0.25, 0.3) is 5.91 Å². The number of aromatic nitrogens is 1. The second kappa shape index (κ2) is 5.80. The maximum atomic E-state index is 11.9. The van der Waals surface area contributed by atoms with Crippen molar-refractivity contribution in [3.8, 4) is 0 Å². The number of carbonyl (C=O) groups is 1. The molecule has 0 aliphatic rings. The van der Waals surface area contributed by atoms with Crippen LogP contribution in [0.3, 0.4) is 0 Å². The molecule has 0 fully saturated rings. The van der Waals surface area contributed by atoms with Crippen LogP contribution in [0, 0.1) is 0 Å².